The second-order valence-electron chi connectivity index (χ2n) is 3.06. The number of likely N-dealkylation sites (N-methyl/N-ethyl adjacent to an activating group) is 1. The van der Waals surface area contributed by atoms with Gasteiger partial charge in [-0.3, -0.25) is 4.68 Å². The zero-order valence-corrected chi connectivity index (χ0v) is 8.04. The molecule has 0 amide bonds. The SMILES string of the molecule is CCC(CNC)n1ccc(C)n1. The van der Waals surface area contributed by atoms with Crippen molar-refractivity contribution in [2.24, 2.45) is 0 Å². The maximum absolute atomic E-state index is 4.38. The Bertz CT molecular complexity index is 229. The summed E-state index contributed by atoms with van der Waals surface area (Å²) in [5, 5.41) is 7.54. The molecule has 0 radical (unpaired) electrons. The Morgan fingerprint density at radius 2 is 2.42 bits per heavy atom. The molecule has 1 atom stereocenters. The van der Waals surface area contributed by atoms with Crippen molar-refractivity contribution in [3.05, 3.63) is 18.0 Å². The van der Waals surface area contributed by atoms with Crippen molar-refractivity contribution in [3.63, 3.8) is 0 Å². The van der Waals surface area contributed by atoms with Crippen LogP contribution in [0.5, 0.6) is 0 Å². The van der Waals surface area contributed by atoms with Gasteiger partial charge >= 0.3 is 0 Å². The maximum Gasteiger partial charge on any atom is 0.0640 e. The third kappa shape index (κ3) is 2.08. The number of hydrogen-bond acceptors (Lipinski definition) is 2. The molecule has 0 fully saturated rings. The van der Waals surface area contributed by atoms with E-state index < -0.39 is 0 Å². The lowest BCUT2D eigenvalue weighted by Crippen LogP contribution is -2.22. The lowest BCUT2D eigenvalue weighted by molar-refractivity contribution is 0.423. The molecule has 0 aliphatic carbocycles. The minimum Gasteiger partial charge on any atom is -0.318 e. The molecule has 0 spiro atoms. The summed E-state index contributed by atoms with van der Waals surface area (Å²) in [5.41, 5.74) is 1.09. The van der Waals surface area contributed by atoms with Crippen LogP contribution in [0.1, 0.15) is 25.1 Å². The Labute approximate surface area is 73.8 Å². The molecule has 0 aliphatic heterocycles. The standard InChI is InChI=1S/C9H17N3/c1-4-9(7-10-3)12-6-5-8(2)11-12/h5-6,9-10H,4,7H2,1-3H3. The molecule has 1 rings (SSSR count). The van der Waals surface area contributed by atoms with Crippen LogP contribution in [-0.4, -0.2) is 23.4 Å². The summed E-state index contributed by atoms with van der Waals surface area (Å²) in [7, 11) is 1.97. The van der Waals surface area contributed by atoms with Crippen LogP contribution in [0.2, 0.25) is 0 Å². The summed E-state index contributed by atoms with van der Waals surface area (Å²) in [4.78, 5) is 0. The van der Waals surface area contributed by atoms with Crippen LogP contribution in [0.3, 0.4) is 0 Å². The fraction of sp³-hybridized carbons (Fsp3) is 0.667. The molecule has 1 N–H and O–H groups in total. The largest absolute Gasteiger partial charge is 0.318 e. The lowest BCUT2D eigenvalue weighted by Gasteiger charge is -2.14. The second kappa shape index (κ2) is 4.26. The Morgan fingerprint density at radius 3 is 2.83 bits per heavy atom. The van der Waals surface area contributed by atoms with Gasteiger partial charge in [0.1, 0.15) is 0 Å². The molecular weight excluding hydrogens is 150 g/mol. The highest BCUT2D eigenvalue weighted by atomic mass is 15.3. The summed E-state index contributed by atoms with van der Waals surface area (Å²) >= 11 is 0. The van der Waals surface area contributed by atoms with Gasteiger partial charge in [0.25, 0.3) is 0 Å². The summed E-state index contributed by atoms with van der Waals surface area (Å²) in [6.07, 6.45) is 3.16. The van der Waals surface area contributed by atoms with Gasteiger partial charge in [0.05, 0.1) is 11.7 Å². The van der Waals surface area contributed by atoms with Gasteiger partial charge in [-0.15, -0.1) is 0 Å². The van der Waals surface area contributed by atoms with Crippen LogP contribution < -0.4 is 5.32 Å². The molecule has 1 aromatic rings. The fourth-order valence-electron chi connectivity index (χ4n) is 1.30. The number of aryl methyl sites for hydroxylation is 1. The molecule has 0 aliphatic rings. The number of nitrogens with zero attached hydrogens (tertiary/aromatic N) is 2. The van der Waals surface area contributed by atoms with Crippen molar-refractivity contribution in [1.82, 2.24) is 15.1 Å². The van der Waals surface area contributed by atoms with Gasteiger partial charge in [-0.05, 0) is 26.5 Å². The van der Waals surface area contributed by atoms with Crippen molar-refractivity contribution < 1.29 is 0 Å². The van der Waals surface area contributed by atoms with Crippen molar-refractivity contribution in [2.45, 2.75) is 26.3 Å². The third-order valence-corrected chi connectivity index (χ3v) is 2.03. The van der Waals surface area contributed by atoms with Gasteiger partial charge in [0.2, 0.25) is 0 Å². The van der Waals surface area contributed by atoms with Crippen LogP contribution in [0, 0.1) is 6.92 Å². The average molecular weight is 167 g/mol. The zero-order valence-electron chi connectivity index (χ0n) is 8.04. The Hall–Kier alpha value is -0.830. The van der Waals surface area contributed by atoms with Crippen LogP contribution in [0.25, 0.3) is 0 Å². The molecule has 3 nitrogen and oxygen atoms in total. The molecule has 0 bridgehead atoms. The first kappa shape index (κ1) is 9.26. The Morgan fingerprint density at radius 1 is 1.67 bits per heavy atom. The highest BCUT2D eigenvalue weighted by molar-refractivity contribution is 4.96. The minimum absolute atomic E-state index is 0.490. The van der Waals surface area contributed by atoms with E-state index >= 15 is 0 Å². The van der Waals surface area contributed by atoms with E-state index in [1.54, 1.807) is 0 Å². The first-order chi connectivity index (χ1) is 5.77. The van der Waals surface area contributed by atoms with Gasteiger partial charge < -0.3 is 5.32 Å². The highest BCUT2D eigenvalue weighted by Gasteiger charge is 2.06. The molecule has 0 saturated carbocycles. The van der Waals surface area contributed by atoms with Gasteiger partial charge in [-0.25, -0.2) is 0 Å². The molecule has 12 heavy (non-hydrogen) atoms. The predicted octanol–water partition coefficient (Wildman–Crippen LogP) is 1.36. The zero-order chi connectivity index (χ0) is 8.97. The van der Waals surface area contributed by atoms with Crippen LogP contribution in [-0.2, 0) is 0 Å². The van der Waals surface area contributed by atoms with E-state index in [1.807, 2.05) is 30.9 Å². The monoisotopic (exact) mass is 167 g/mol. The van der Waals surface area contributed by atoms with E-state index in [1.165, 1.54) is 0 Å². The van der Waals surface area contributed by atoms with Gasteiger partial charge in [-0.2, -0.15) is 5.10 Å². The van der Waals surface area contributed by atoms with Crippen molar-refractivity contribution >= 4 is 0 Å². The molecule has 0 aromatic carbocycles. The Balaban J connectivity index is 2.66. The van der Waals surface area contributed by atoms with E-state index in [0.717, 1.165) is 18.7 Å². The summed E-state index contributed by atoms with van der Waals surface area (Å²) in [5.74, 6) is 0. The van der Waals surface area contributed by atoms with Gasteiger partial charge in [0, 0.05) is 12.7 Å². The Kier molecular flexibility index (Phi) is 3.29. The average Bonchev–Trinajstić information content (AvgIpc) is 2.47. The molecule has 0 saturated heterocycles. The fourth-order valence-corrected chi connectivity index (χ4v) is 1.30. The van der Waals surface area contributed by atoms with Crippen LogP contribution in [0.15, 0.2) is 12.3 Å². The van der Waals surface area contributed by atoms with Crippen molar-refractivity contribution in [3.8, 4) is 0 Å². The molecule has 1 heterocycles. The lowest BCUT2D eigenvalue weighted by atomic mass is 10.2. The van der Waals surface area contributed by atoms with E-state index in [9.17, 15) is 0 Å². The number of aromatic nitrogens is 2. The molecule has 1 unspecified atom stereocenters. The number of hydrogen-bond donors (Lipinski definition) is 1. The predicted molar refractivity (Wildman–Crippen MR) is 50.2 cm³/mol. The normalized spacial score (nSPS) is 13.2. The molecule has 3 heteroatoms. The maximum atomic E-state index is 4.38. The first-order valence-electron chi connectivity index (χ1n) is 4.44. The van der Waals surface area contributed by atoms with Crippen LogP contribution >= 0.6 is 0 Å². The first-order valence-corrected chi connectivity index (χ1v) is 4.44. The van der Waals surface area contributed by atoms with E-state index in [4.69, 9.17) is 0 Å². The van der Waals surface area contributed by atoms with E-state index in [0.29, 0.717) is 6.04 Å². The summed E-state index contributed by atoms with van der Waals surface area (Å²) in [6, 6.07) is 2.53. The summed E-state index contributed by atoms with van der Waals surface area (Å²) < 4.78 is 2.03. The van der Waals surface area contributed by atoms with Crippen molar-refractivity contribution in [1.29, 1.82) is 0 Å². The molecule has 68 valence electrons. The number of nitrogens with one attached hydrogen (secondary N) is 1. The molecule has 1 aromatic heterocycles. The third-order valence-electron chi connectivity index (χ3n) is 2.03. The van der Waals surface area contributed by atoms with Gasteiger partial charge in [0.15, 0.2) is 0 Å². The van der Waals surface area contributed by atoms with E-state index in [2.05, 4.69) is 17.3 Å². The number of rotatable bonds is 4. The van der Waals surface area contributed by atoms with E-state index in [-0.39, 0.29) is 0 Å². The quantitative estimate of drug-likeness (QED) is 0.734. The second-order valence-corrected chi connectivity index (χ2v) is 3.06. The topological polar surface area (TPSA) is 29.9 Å². The smallest absolute Gasteiger partial charge is 0.0640 e. The minimum atomic E-state index is 0.490. The van der Waals surface area contributed by atoms with Crippen molar-refractivity contribution in [2.75, 3.05) is 13.6 Å². The van der Waals surface area contributed by atoms with Gasteiger partial charge in [-0.1, -0.05) is 6.92 Å². The summed E-state index contributed by atoms with van der Waals surface area (Å²) in [6.45, 7) is 5.18. The molecular formula is C9H17N3. The van der Waals surface area contributed by atoms with Crippen LogP contribution in [0.4, 0.5) is 0 Å². The highest BCUT2D eigenvalue weighted by Crippen LogP contribution is 2.08.